The maximum atomic E-state index is 12.7. The molecule has 5 nitrogen and oxygen atoms in total. The molecular formula is C15H16BrClN4O. The lowest BCUT2D eigenvalue weighted by Crippen LogP contribution is -2.49. The fourth-order valence-corrected chi connectivity index (χ4v) is 3.27. The molecule has 1 amide bonds. The van der Waals surface area contributed by atoms with Crippen LogP contribution in [0.25, 0.3) is 0 Å². The zero-order valence-electron chi connectivity index (χ0n) is 11.9. The normalized spacial score (nSPS) is 18.5. The van der Waals surface area contributed by atoms with Crippen molar-refractivity contribution < 1.29 is 4.79 Å². The topological polar surface area (TPSA) is 50.2 Å². The standard InChI is InChI=1S/C15H16BrClN4O/c16-11-7-19-20(9-11)10-15(22)21-6-5-18-8-14(21)12-3-1-2-4-13(12)17/h1-4,7,9,14,18H,5-6,8,10H2. The molecule has 0 bridgehead atoms. The number of benzene rings is 1. The van der Waals surface area contributed by atoms with Crippen molar-refractivity contribution in [2.45, 2.75) is 12.6 Å². The van der Waals surface area contributed by atoms with Gasteiger partial charge in [0.2, 0.25) is 5.91 Å². The Hall–Kier alpha value is -1.37. The molecule has 0 radical (unpaired) electrons. The third-order valence-corrected chi connectivity index (χ3v) is 4.48. The van der Waals surface area contributed by atoms with Crippen LogP contribution in [0.5, 0.6) is 0 Å². The zero-order valence-corrected chi connectivity index (χ0v) is 14.2. The molecule has 0 aliphatic carbocycles. The van der Waals surface area contributed by atoms with Gasteiger partial charge >= 0.3 is 0 Å². The van der Waals surface area contributed by atoms with Crippen LogP contribution in [-0.2, 0) is 11.3 Å². The van der Waals surface area contributed by atoms with E-state index in [1.165, 1.54) is 0 Å². The van der Waals surface area contributed by atoms with E-state index in [9.17, 15) is 4.79 Å². The molecule has 1 unspecified atom stereocenters. The summed E-state index contributed by atoms with van der Waals surface area (Å²) in [7, 11) is 0. The maximum Gasteiger partial charge on any atom is 0.244 e. The van der Waals surface area contributed by atoms with E-state index < -0.39 is 0 Å². The Labute approximate surface area is 142 Å². The summed E-state index contributed by atoms with van der Waals surface area (Å²) in [4.78, 5) is 14.5. The van der Waals surface area contributed by atoms with Crippen LogP contribution in [0.2, 0.25) is 5.02 Å². The third kappa shape index (κ3) is 3.34. The fourth-order valence-electron chi connectivity index (χ4n) is 2.68. The summed E-state index contributed by atoms with van der Waals surface area (Å²) in [6.07, 6.45) is 3.47. The minimum absolute atomic E-state index is 0.0435. The molecule has 1 aliphatic heterocycles. The van der Waals surface area contributed by atoms with Crippen molar-refractivity contribution in [1.29, 1.82) is 0 Å². The van der Waals surface area contributed by atoms with Gasteiger partial charge in [0, 0.05) is 30.9 Å². The summed E-state index contributed by atoms with van der Waals surface area (Å²) in [5, 5.41) is 8.17. The number of halogens is 2. The Bertz CT molecular complexity index is 675. The van der Waals surface area contributed by atoms with Gasteiger partial charge in [0.15, 0.2) is 0 Å². The van der Waals surface area contributed by atoms with E-state index in [0.29, 0.717) is 18.1 Å². The van der Waals surface area contributed by atoms with Crippen molar-refractivity contribution in [3.8, 4) is 0 Å². The van der Waals surface area contributed by atoms with Crippen LogP contribution < -0.4 is 5.32 Å². The molecule has 116 valence electrons. The molecule has 1 atom stereocenters. The van der Waals surface area contributed by atoms with Gasteiger partial charge < -0.3 is 10.2 Å². The number of piperazine rings is 1. The highest BCUT2D eigenvalue weighted by Gasteiger charge is 2.29. The fraction of sp³-hybridized carbons (Fsp3) is 0.333. The van der Waals surface area contributed by atoms with E-state index in [0.717, 1.165) is 16.6 Å². The monoisotopic (exact) mass is 382 g/mol. The molecule has 7 heteroatoms. The van der Waals surface area contributed by atoms with Gasteiger partial charge in [-0.05, 0) is 27.6 Å². The molecule has 1 aromatic heterocycles. The molecule has 1 aromatic carbocycles. The molecule has 2 aromatic rings. The van der Waals surface area contributed by atoms with Gasteiger partial charge in [-0.15, -0.1) is 0 Å². The lowest BCUT2D eigenvalue weighted by Gasteiger charge is -2.37. The minimum atomic E-state index is -0.0473. The van der Waals surface area contributed by atoms with Gasteiger partial charge in [0.05, 0.1) is 16.7 Å². The number of rotatable bonds is 3. The molecule has 0 spiro atoms. The molecule has 1 N–H and O–H groups in total. The van der Waals surface area contributed by atoms with Crippen molar-refractivity contribution in [3.63, 3.8) is 0 Å². The predicted molar refractivity (Wildman–Crippen MR) is 88.7 cm³/mol. The Morgan fingerprint density at radius 1 is 1.45 bits per heavy atom. The summed E-state index contributed by atoms with van der Waals surface area (Å²) in [6.45, 7) is 2.39. The van der Waals surface area contributed by atoms with Gasteiger partial charge in [0.1, 0.15) is 6.54 Å². The minimum Gasteiger partial charge on any atom is -0.331 e. The van der Waals surface area contributed by atoms with Crippen molar-refractivity contribution in [3.05, 3.63) is 51.7 Å². The van der Waals surface area contributed by atoms with Crippen molar-refractivity contribution in [2.75, 3.05) is 19.6 Å². The first kappa shape index (κ1) is 15.5. The summed E-state index contributed by atoms with van der Waals surface area (Å²) in [5.74, 6) is 0.0435. The largest absolute Gasteiger partial charge is 0.331 e. The van der Waals surface area contributed by atoms with E-state index in [4.69, 9.17) is 11.6 Å². The van der Waals surface area contributed by atoms with Gasteiger partial charge in [-0.3, -0.25) is 9.48 Å². The lowest BCUT2D eigenvalue weighted by atomic mass is 10.0. The highest BCUT2D eigenvalue weighted by atomic mass is 79.9. The van der Waals surface area contributed by atoms with Gasteiger partial charge in [-0.25, -0.2) is 0 Å². The van der Waals surface area contributed by atoms with E-state index in [1.807, 2.05) is 29.2 Å². The average Bonchev–Trinajstić information content (AvgIpc) is 2.93. The Morgan fingerprint density at radius 3 is 3.00 bits per heavy atom. The number of carbonyl (C=O) groups excluding carboxylic acids is 1. The van der Waals surface area contributed by atoms with Crippen LogP contribution in [-0.4, -0.2) is 40.2 Å². The molecule has 0 saturated carbocycles. The van der Waals surface area contributed by atoms with Crippen molar-refractivity contribution in [2.24, 2.45) is 0 Å². The summed E-state index contributed by atoms with van der Waals surface area (Å²) in [5.41, 5.74) is 0.978. The molecule has 22 heavy (non-hydrogen) atoms. The first-order valence-corrected chi connectivity index (χ1v) is 8.25. The number of nitrogens with zero attached hydrogens (tertiary/aromatic N) is 3. The number of aromatic nitrogens is 2. The number of hydrogen-bond donors (Lipinski definition) is 1. The van der Waals surface area contributed by atoms with Crippen LogP contribution in [0.3, 0.4) is 0 Å². The van der Waals surface area contributed by atoms with E-state index in [-0.39, 0.29) is 18.5 Å². The predicted octanol–water partition coefficient (Wildman–Crippen LogP) is 2.47. The second-order valence-electron chi connectivity index (χ2n) is 5.18. The SMILES string of the molecule is O=C(Cn1cc(Br)cn1)N1CCNCC1c1ccccc1Cl. The van der Waals surface area contributed by atoms with Crippen molar-refractivity contribution in [1.82, 2.24) is 20.0 Å². The van der Waals surface area contributed by atoms with E-state index in [2.05, 4.69) is 26.3 Å². The average molecular weight is 384 g/mol. The summed E-state index contributed by atoms with van der Waals surface area (Å²) in [6, 6.07) is 7.64. The van der Waals surface area contributed by atoms with Gasteiger partial charge in [-0.2, -0.15) is 5.10 Å². The van der Waals surface area contributed by atoms with Crippen LogP contribution in [0, 0.1) is 0 Å². The quantitative estimate of drug-likeness (QED) is 0.886. The summed E-state index contributed by atoms with van der Waals surface area (Å²) >= 11 is 9.64. The highest BCUT2D eigenvalue weighted by molar-refractivity contribution is 9.10. The van der Waals surface area contributed by atoms with Crippen LogP contribution >= 0.6 is 27.5 Å². The molecular weight excluding hydrogens is 368 g/mol. The number of hydrogen-bond acceptors (Lipinski definition) is 3. The summed E-state index contributed by atoms with van der Waals surface area (Å²) < 4.78 is 2.50. The Kier molecular flexibility index (Phi) is 4.81. The number of carbonyl (C=O) groups is 1. The molecule has 1 saturated heterocycles. The second-order valence-corrected chi connectivity index (χ2v) is 6.51. The van der Waals surface area contributed by atoms with Crippen LogP contribution in [0.1, 0.15) is 11.6 Å². The first-order valence-electron chi connectivity index (χ1n) is 7.08. The first-order chi connectivity index (χ1) is 10.6. The Balaban J connectivity index is 1.80. The third-order valence-electron chi connectivity index (χ3n) is 3.73. The van der Waals surface area contributed by atoms with Gasteiger partial charge in [-0.1, -0.05) is 29.8 Å². The van der Waals surface area contributed by atoms with Gasteiger partial charge in [0.25, 0.3) is 0 Å². The van der Waals surface area contributed by atoms with Crippen LogP contribution in [0.15, 0.2) is 41.1 Å². The number of amides is 1. The van der Waals surface area contributed by atoms with Crippen molar-refractivity contribution >= 4 is 33.4 Å². The van der Waals surface area contributed by atoms with E-state index >= 15 is 0 Å². The zero-order chi connectivity index (χ0) is 15.5. The molecule has 3 rings (SSSR count). The second kappa shape index (κ2) is 6.81. The van der Waals surface area contributed by atoms with Crippen LogP contribution in [0.4, 0.5) is 0 Å². The molecule has 1 fully saturated rings. The maximum absolute atomic E-state index is 12.7. The molecule has 1 aliphatic rings. The van der Waals surface area contributed by atoms with E-state index in [1.54, 1.807) is 17.1 Å². The number of nitrogens with one attached hydrogen (secondary N) is 1. The highest BCUT2D eigenvalue weighted by Crippen LogP contribution is 2.28. The molecule has 2 heterocycles. The Morgan fingerprint density at radius 2 is 2.27 bits per heavy atom. The smallest absolute Gasteiger partial charge is 0.244 e. The lowest BCUT2D eigenvalue weighted by molar-refractivity contribution is -0.135.